The molecule has 0 fully saturated rings. The van der Waals surface area contributed by atoms with E-state index in [-0.39, 0.29) is 0 Å². The predicted molar refractivity (Wildman–Crippen MR) is 68.5 cm³/mol. The summed E-state index contributed by atoms with van der Waals surface area (Å²) in [6.45, 7) is 0. The van der Waals surface area contributed by atoms with E-state index in [4.69, 9.17) is 5.53 Å². The zero-order valence-corrected chi connectivity index (χ0v) is 10.7. The van der Waals surface area contributed by atoms with Gasteiger partial charge in [-0.1, -0.05) is 0 Å². The molecule has 0 N–H and O–H groups in total. The number of hydrogen-bond donors (Lipinski definition) is 0. The smallest absolute Gasteiger partial charge is 0.258 e. The third-order valence-corrected chi connectivity index (χ3v) is 2.40. The summed E-state index contributed by atoms with van der Waals surface area (Å²) in [5, 5.41) is 57.2. The number of azide groups is 1. The second kappa shape index (κ2) is 6.11. The van der Waals surface area contributed by atoms with Crippen LogP contribution in [0.15, 0.2) is 5.11 Å². The van der Waals surface area contributed by atoms with Crippen molar-refractivity contribution >= 4 is 34.1 Å². The maximum Gasteiger partial charge on any atom is 0.437 e. The van der Waals surface area contributed by atoms with Gasteiger partial charge in [0.15, 0.2) is 0 Å². The van der Waals surface area contributed by atoms with Gasteiger partial charge in [-0.2, -0.15) is 0 Å². The molecule has 0 saturated heterocycles. The van der Waals surface area contributed by atoms with Crippen molar-refractivity contribution in [1.82, 2.24) is 0 Å². The van der Waals surface area contributed by atoms with Gasteiger partial charge in [-0.15, -0.1) is 0 Å². The van der Waals surface area contributed by atoms with Crippen LogP contribution < -0.4 is 0 Å². The number of hydrogen-bond acceptors (Lipinski definition) is 11. The highest BCUT2D eigenvalue weighted by atomic mass is 16.7. The van der Waals surface area contributed by atoms with E-state index in [0.29, 0.717) is 0 Å². The fourth-order valence-corrected chi connectivity index (χ4v) is 1.68. The number of nitrogens with zero attached hydrogens (tertiary/aromatic N) is 8. The van der Waals surface area contributed by atoms with E-state index in [1.54, 1.807) is 0 Å². The second-order valence-corrected chi connectivity index (χ2v) is 3.57. The van der Waals surface area contributed by atoms with Gasteiger partial charge in [-0.3, -0.25) is 50.6 Å². The van der Waals surface area contributed by atoms with Crippen LogP contribution in [-0.4, -0.2) is 24.6 Å². The Balaban J connectivity index is 4.50. The molecule has 1 aromatic carbocycles. The minimum Gasteiger partial charge on any atom is -0.258 e. The van der Waals surface area contributed by atoms with Gasteiger partial charge in [0.25, 0.3) is 0 Å². The third-order valence-electron chi connectivity index (χ3n) is 2.40. The summed E-state index contributed by atoms with van der Waals surface area (Å²) in [6.07, 6.45) is 0. The van der Waals surface area contributed by atoms with Crippen molar-refractivity contribution in [3.63, 3.8) is 0 Å². The average molecular weight is 344 g/mol. The monoisotopic (exact) mass is 344 g/mol. The normalized spacial score (nSPS) is 9.67. The number of rotatable bonds is 6. The van der Waals surface area contributed by atoms with Gasteiger partial charge in [-0.25, -0.2) is 0 Å². The number of benzene rings is 1. The Morgan fingerprint density at radius 3 is 1.08 bits per heavy atom. The van der Waals surface area contributed by atoms with Crippen LogP contribution in [0.5, 0.6) is 0 Å². The van der Waals surface area contributed by atoms with Crippen LogP contribution in [0.1, 0.15) is 0 Å². The first-order chi connectivity index (χ1) is 11.1. The SMILES string of the molecule is [N-]=[N+]=Nc1c([N+](=O)[O-])c([N+](=O)[O-])c([N+](=O)[O-])c([N+](=O)[O-])c1[N+](=O)[O-]. The Bertz CT molecular complexity index is 694. The van der Waals surface area contributed by atoms with E-state index < -0.39 is 58.7 Å². The quantitative estimate of drug-likeness (QED) is 0.238. The molecule has 1 rings (SSSR count). The zero-order chi connectivity index (χ0) is 18.8. The lowest BCUT2D eigenvalue weighted by atomic mass is 10.1. The van der Waals surface area contributed by atoms with E-state index in [2.05, 4.69) is 5.11 Å². The van der Waals surface area contributed by atoms with E-state index >= 15 is 0 Å². The van der Waals surface area contributed by atoms with Crippen LogP contribution in [0, 0.1) is 50.6 Å². The molecule has 0 spiro atoms. The molecule has 0 bridgehead atoms. The van der Waals surface area contributed by atoms with Crippen molar-refractivity contribution < 1.29 is 24.6 Å². The maximum atomic E-state index is 11.0. The van der Waals surface area contributed by atoms with Gasteiger partial charge in [0.05, 0.1) is 24.6 Å². The second-order valence-electron chi connectivity index (χ2n) is 3.57. The van der Waals surface area contributed by atoms with Gasteiger partial charge in [-0.05, 0) is 10.6 Å². The molecule has 0 aliphatic rings. The minimum absolute atomic E-state index is 1.66. The van der Waals surface area contributed by atoms with Gasteiger partial charge in [0.1, 0.15) is 0 Å². The van der Waals surface area contributed by atoms with Crippen molar-refractivity contribution in [2.24, 2.45) is 5.11 Å². The molecule has 0 amide bonds. The van der Waals surface area contributed by atoms with Crippen molar-refractivity contribution in [3.05, 3.63) is 61.0 Å². The molecule has 1 aromatic rings. The lowest BCUT2D eigenvalue weighted by molar-refractivity contribution is -0.459. The van der Waals surface area contributed by atoms with Crippen molar-refractivity contribution in [2.45, 2.75) is 0 Å². The molecular formula is C6N8O10. The van der Waals surface area contributed by atoms with Crippen molar-refractivity contribution in [3.8, 4) is 0 Å². The maximum absolute atomic E-state index is 11.0. The summed E-state index contributed by atoms with van der Waals surface area (Å²) < 4.78 is 0. The van der Waals surface area contributed by atoms with Gasteiger partial charge in [0, 0.05) is 4.91 Å². The molecule has 18 heteroatoms. The highest BCUT2D eigenvalue weighted by Gasteiger charge is 2.54. The summed E-state index contributed by atoms with van der Waals surface area (Å²) in [6, 6.07) is 0. The van der Waals surface area contributed by atoms with Gasteiger partial charge in [0.2, 0.25) is 5.69 Å². The van der Waals surface area contributed by atoms with Crippen LogP contribution in [0.4, 0.5) is 34.1 Å². The van der Waals surface area contributed by atoms with E-state index in [9.17, 15) is 50.6 Å². The summed E-state index contributed by atoms with van der Waals surface area (Å²) >= 11 is 0. The molecule has 0 aromatic heterocycles. The Labute approximate surface area is 126 Å². The molecule has 0 saturated carbocycles. The van der Waals surface area contributed by atoms with E-state index in [1.165, 1.54) is 0 Å². The van der Waals surface area contributed by atoms with Crippen LogP contribution in [0.25, 0.3) is 10.4 Å². The number of nitro groups is 5. The van der Waals surface area contributed by atoms with Gasteiger partial charge >= 0.3 is 28.4 Å². The van der Waals surface area contributed by atoms with E-state index in [0.717, 1.165) is 0 Å². The fourth-order valence-electron chi connectivity index (χ4n) is 1.68. The molecule has 0 atom stereocenters. The first-order valence-electron chi connectivity index (χ1n) is 5.07. The molecule has 0 aliphatic carbocycles. The van der Waals surface area contributed by atoms with Crippen molar-refractivity contribution in [2.75, 3.05) is 0 Å². The summed E-state index contributed by atoms with van der Waals surface area (Å²) in [5.41, 5.74) is -3.35. The number of nitro benzene ring substituents is 5. The minimum atomic E-state index is -2.08. The zero-order valence-electron chi connectivity index (χ0n) is 10.7. The topological polar surface area (TPSA) is 264 Å². The molecule has 0 unspecified atom stereocenters. The standard InChI is InChI=1S/C6N8O10/c7-9-8-1-2(10(15)16)4(12(19)20)6(14(23)24)5(13(21)22)3(1)11(17)18. The van der Waals surface area contributed by atoms with Gasteiger partial charge < -0.3 is 0 Å². The lowest BCUT2D eigenvalue weighted by Crippen LogP contribution is -2.08. The summed E-state index contributed by atoms with van der Waals surface area (Å²) in [7, 11) is 0. The Morgan fingerprint density at radius 1 is 0.625 bits per heavy atom. The fraction of sp³-hybridized carbons (Fsp3) is 0. The van der Waals surface area contributed by atoms with Crippen LogP contribution >= 0.6 is 0 Å². The van der Waals surface area contributed by atoms with E-state index in [1.807, 2.05) is 4.91 Å². The first kappa shape index (κ1) is 17.6. The Hall–Kier alpha value is -4.47. The molecule has 0 radical (unpaired) electrons. The summed E-state index contributed by atoms with van der Waals surface area (Å²) in [4.78, 5) is 48.2. The predicted octanol–water partition coefficient (Wildman–Crippen LogP) is 2.17. The molecular weight excluding hydrogens is 344 g/mol. The molecule has 0 heterocycles. The third kappa shape index (κ3) is 2.65. The molecule has 24 heavy (non-hydrogen) atoms. The molecule has 18 nitrogen and oxygen atoms in total. The molecule has 0 aliphatic heterocycles. The summed E-state index contributed by atoms with van der Waals surface area (Å²) in [5.74, 6) is 0. The average Bonchev–Trinajstić information content (AvgIpc) is 2.44. The first-order valence-corrected chi connectivity index (χ1v) is 5.07. The Kier molecular flexibility index (Phi) is 4.48. The Morgan fingerprint density at radius 2 is 0.875 bits per heavy atom. The lowest BCUT2D eigenvalue weighted by Gasteiger charge is -2.02. The largest absolute Gasteiger partial charge is 0.437 e. The van der Waals surface area contributed by atoms with Crippen molar-refractivity contribution in [1.29, 1.82) is 0 Å². The van der Waals surface area contributed by atoms with Crippen LogP contribution in [0.2, 0.25) is 0 Å². The highest BCUT2D eigenvalue weighted by molar-refractivity contribution is 5.92. The van der Waals surface area contributed by atoms with Crippen LogP contribution in [0.3, 0.4) is 0 Å². The molecule has 124 valence electrons. The highest BCUT2D eigenvalue weighted by Crippen LogP contribution is 2.55. The van der Waals surface area contributed by atoms with Crippen LogP contribution in [-0.2, 0) is 0 Å².